The molecule has 0 aliphatic rings. The van der Waals surface area contributed by atoms with Gasteiger partial charge in [-0.2, -0.15) is 0 Å². The van der Waals surface area contributed by atoms with Gasteiger partial charge in [0.25, 0.3) is 0 Å². The van der Waals surface area contributed by atoms with E-state index in [0.29, 0.717) is 0 Å². The highest BCUT2D eigenvalue weighted by atomic mass is 16.5. The van der Waals surface area contributed by atoms with Gasteiger partial charge in [-0.15, -0.1) is 0 Å². The Bertz CT molecular complexity index is 303. The Balaban J connectivity index is 3.32. The van der Waals surface area contributed by atoms with E-state index in [2.05, 4.69) is 0 Å². The molecule has 0 aliphatic heterocycles. The first-order valence-corrected chi connectivity index (χ1v) is 4.40. The van der Waals surface area contributed by atoms with Crippen LogP contribution in [0, 0.1) is 13.8 Å². The summed E-state index contributed by atoms with van der Waals surface area (Å²) in [5.41, 5.74) is 3.17. The van der Waals surface area contributed by atoms with Gasteiger partial charge < -0.3 is 9.84 Å². The molecule has 2 nitrogen and oxygen atoms in total. The fourth-order valence-electron chi connectivity index (χ4n) is 1.51. The van der Waals surface area contributed by atoms with Gasteiger partial charge in [-0.05, 0) is 38.0 Å². The molecule has 0 radical (unpaired) electrons. The third-order valence-electron chi connectivity index (χ3n) is 2.38. The quantitative estimate of drug-likeness (QED) is 0.757. The molecule has 0 aliphatic carbocycles. The van der Waals surface area contributed by atoms with Crippen molar-refractivity contribution in [3.8, 4) is 5.75 Å². The van der Waals surface area contributed by atoms with Crippen LogP contribution in [0.4, 0.5) is 0 Å². The maximum Gasteiger partial charge on any atom is 0.124 e. The lowest BCUT2D eigenvalue weighted by Gasteiger charge is -2.15. The van der Waals surface area contributed by atoms with Crippen molar-refractivity contribution in [2.75, 3.05) is 7.11 Å². The minimum Gasteiger partial charge on any atom is -0.496 e. The molecule has 0 fully saturated rings. The van der Waals surface area contributed by atoms with Crippen molar-refractivity contribution in [2.24, 2.45) is 0 Å². The number of hydrogen-bond donors (Lipinski definition) is 1. The van der Waals surface area contributed by atoms with Gasteiger partial charge in [0.1, 0.15) is 5.75 Å². The number of hydrogen-bond acceptors (Lipinski definition) is 2. The smallest absolute Gasteiger partial charge is 0.124 e. The molecular formula is C11H16O2. The van der Waals surface area contributed by atoms with E-state index >= 15 is 0 Å². The molecule has 1 N–H and O–H groups in total. The number of aliphatic hydroxyl groups is 1. The highest BCUT2D eigenvalue weighted by molar-refractivity contribution is 5.45. The number of benzene rings is 1. The second kappa shape index (κ2) is 3.79. The van der Waals surface area contributed by atoms with Crippen molar-refractivity contribution in [3.05, 3.63) is 28.8 Å². The van der Waals surface area contributed by atoms with E-state index in [0.717, 1.165) is 16.9 Å². The summed E-state index contributed by atoms with van der Waals surface area (Å²) < 4.78 is 5.18. The first kappa shape index (κ1) is 10.1. The Kier molecular flexibility index (Phi) is 2.94. The standard InChI is InChI=1S/C11H16O2/c1-7-5-6-10(13-4)11(8(7)2)9(3)12/h5-6,9,12H,1-4H3. The van der Waals surface area contributed by atoms with Crippen LogP contribution in [-0.4, -0.2) is 12.2 Å². The normalized spacial score (nSPS) is 12.7. The summed E-state index contributed by atoms with van der Waals surface area (Å²) in [6, 6.07) is 3.89. The fraction of sp³-hybridized carbons (Fsp3) is 0.455. The van der Waals surface area contributed by atoms with Crippen LogP contribution in [0.5, 0.6) is 5.75 Å². The van der Waals surface area contributed by atoms with Gasteiger partial charge in [0, 0.05) is 5.56 Å². The van der Waals surface area contributed by atoms with Gasteiger partial charge in [-0.25, -0.2) is 0 Å². The molecule has 0 saturated heterocycles. The molecule has 0 bridgehead atoms. The molecule has 2 heteroatoms. The zero-order valence-electron chi connectivity index (χ0n) is 8.59. The lowest BCUT2D eigenvalue weighted by atomic mass is 9.99. The molecule has 13 heavy (non-hydrogen) atoms. The van der Waals surface area contributed by atoms with Crippen molar-refractivity contribution < 1.29 is 9.84 Å². The van der Waals surface area contributed by atoms with Crippen LogP contribution in [-0.2, 0) is 0 Å². The molecule has 72 valence electrons. The van der Waals surface area contributed by atoms with Gasteiger partial charge in [0.2, 0.25) is 0 Å². The average Bonchev–Trinajstić information content (AvgIpc) is 2.08. The molecule has 1 aromatic carbocycles. The lowest BCUT2D eigenvalue weighted by Crippen LogP contribution is -2.01. The highest BCUT2D eigenvalue weighted by Gasteiger charge is 2.12. The summed E-state index contributed by atoms with van der Waals surface area (Å²) in [7, 11) is 1.62. The van der Waals surface area contributed by atoms with Crippen LogP contribution < -0.4 is 4.74 Å². The Labute approximate surface area is 79.2 Å². The number of methoxy groups -OCH3 is 1. The Morgan fingerprint density at radius 1 is 1.31 bits per heavy atom. The van der Waals surface area contributed by atoms with E-state index in [-0.39, 0.29) is 0 Å². The first-order chi connectivity index (χ1) is 6.07. The molecule has 1 rings (SSSR count). The number of rotatable bonds is 2. The van der Waals surface area contributed by atoms with E-state index in [4.69, 9.17) is 4.74 Å². The van der Waals surface area contributed by atoms with Crippen molar-refractivity contribution in [1.82, 2.24) is 0 Å². The van der Waals surface area contributed by atoms with Crippen LogP contribution in [0.1, 0.15) is 29.7 Å². The topological polar surface area (TPSA) is 29.5 Å². The summed E-state index contributed by atoms with van der Waals surface area (Å²) in [5.74, 6) is 0.762. The predicted octanol–water partition coefficient (Wildman–Crippen LogP) is 2.37. The van der Waals surface area contributed by atoms with Crippen LogP contribution >= 0.6 is 0 Å². The maximum atomic E-state index is 9.56. The SMILES string of the molecule is COc1ccc(C)c(C)c1C(C)O. The minimum absolute atomic E-state index is 0.477. The molecule has 0 amide bonds. The zero-order valence-corrected chi connectivity index (χ0v) is 8.59. The molecule has 1 aromatic rings. The molecule has 1 atom stereocenters. The summed E-state index contributed by atoms with van der Waals surface area (Å²) in [6.07, 6.45) is -0.477. The number of ether oxygens (including phenoxy) is 1. The van der Waals surface area contributed by atoms with Crippen LogP contribution in [0.2, 0.25) is 0 Å². The van der Waals surface area contributed by atoms with E-state index in [1.165, 1.54) is 5.56 Å². The van der Waals surface area contributed by atoms with Crippen molar-refractivity contribution >= 4 is 0 Å². The third-order valence-corrected chi connectivity index (χ3v) is 2.38. The summed E-state index contributed by atoms with van der Waals surface area (Å²) in [4.78, 5) is 0. The van der Waals surface area contributed by atoms with Gasteiger partial charge in [0.15, 0.2) is 0 Å². The summed E-state index contributed by atoms with van der Waals surface area (Å²) >= 11 is 0. The largest absolute Gasteiger partial charge is 0.496 e. The predicted molar refractivity (Wildman–Crippen MR) is 53.1 cm³/mol. The van der Waals surface area contributed by atoms with Gasteiger partial charge in [0.05, 0.1) is 13.2 Å². The average molecular weight is 180 g/mol. The van der Waals surface area contributed by atoms with Crippen molar-refractivity contribution in [1.29, 1.82) is 0 Å². The molecule has 0 heterocycles. The van der Waals surface area contributed by atoms with Gasteiger partial charge in [-0.1, -0.05) is 6.07 Å². The number of aryl methyl sites for hydroxylation is 1. The highest BCUT2D eigenvalue weighted by Crippen LogP contribution is 2.29. The third kappa shape index (κ3) is 1.83. The fourth-order valence-corrected chi connectivity index (χ4v) is 1.51. The van der Waals surface area contributed by atoms with E-state index in [1.807, 2.05) is 26.0 Å². The zero-order chi connectivity index (χ0) is 10.0. The Morgan fingerprint density at radius 3 is 2.38 bits per heavy atom. The van der Waals surface area contributed by atoms with Crippen molar-refractivity contribution in [2.45, 2.75) is 26.9 Å². The Morgan fingerprint density at radius 2 is 1.92 bits per heavy atom. The van der Waals surface area contributed by atoms with E-state index in [9.17, 15) is 5.11 Å². The van der Waals surface area contributed by atoms with Gasteiger partial charge >= 0.3 is 0 Å². The monoisotopic (exact) mass is 180 g/mol. The second-order valence-corrected chi connectivity index (χ2v) is 3.30. The van der Waals surface area contributed by atoms with Crippen LogP contribution in [0.15, 0.2) is 12.1 Å². The first-order valence-electron chi connectivity index (χ1n) is 4.40. The molecule has 0 saturated carbocycles. The van der Waals surface area contributed by atoms with Gasteiger partial charge in [-0.3, -0.25) is 0 Å². The van der Waals surface area contributed by atoms with Crippen LogP contribution in [0.3, 0.4) is 0 Å². The molecular weight excluding hydrogens is 164 g/mol. The Hall–Kier alpha value is -1.02. The minimum atomic E-state index is -0.477. The molecule has 0 spiro atoms. The molecule has 1 unspecified atom stereocenters. The summed E-state index contributed by atoms with van der Waals surface area (Å²) in [5, 5.41) is 9.56. The second-order valence-electron chi connectivity index (χ2n) is 3.30. The molecule has 0 aromatic heterocycles. The number of aliphatic hydroxyl groups excluding tert-OH is 1. The maximum absolute atomic E-state index is 9.56. The van der Waals surface area contributed by atoms with Crippen molar-refractivity contribution in [3.63, 3.8) is 0 Å². The van der Waals surface area contributed by atoms with Crippen LogP contribution in [0.25, 0.3) is 0 Å². The summed E-state index contributed by atoms with van der Waals surface area (Å²) in [6.45, 7) is 5.78. The van der Waals surface area contributed by atoms with E-state index < -0.39 is 6.10 Å². The lowest BCUT2D eigenvalue weighted by molar-refractivity contribution is 0.193. The van der Waals surface area contributed by atoms with E-state index in [1.54, 1.807) is 14.0 Å².